The van der Waals surface area contributed by atoms with Gasteiger partial charge in [-0.15, -0.1) is 0 Å². The molecule has 0 amide bonds. The first kappa shape index (κ1) is 14.5. The summed E-state index contributed by atoms with van der Waals surface area (Å²) in [5.41, 5.74) is 1.18. The van der Waals surface area contributed by atoms with E-state index in [1.54, 1.807) is 0 Å². The Hall–Kier alpha value is -0.860. The van der Waals surface area contributed by atoms with Gasteiger partial charge < -0.3 is 10.0 Å². The van der Waals surface area contributed by atoms with Crippen molar-refractivity contribution in [3.63, 3.8) is 0 Å². The summed E-state index contributed by atoms with van der Waals surface area (Å²) in [5, 5.41) is 10.8. The molecule has 0 spiro atoms. The van der Waals surface area contributed by atoms with Crippen molar-refractivity contribution >= 4 is 0 Å². The summed E-state index contributed by atoms with van der Waals surface area (Å²) in [5.74, 6) is 0.710. The van der Waals surface area contributed by atoms with Crippen molar-refractivity contribution in [3.05, 3.63) is 35.9 Å². The minimum Gasteiger partial charge on any atom is -0.391 e. The number of hydrogen-bond donors (Lipinski definition) is 1. The zero-order valence-electron chi connectivity index (χ0n) is 12.5. The lowest BCUT2D eigenvalue weighted by Crippen LogP contribution is -2.56. The zero-order valence-corrected chi connectivity index (χ0v) is 12.5. The number of benzene rings is 1. The molecule has 2 heteroatoms. The van der Waals surface area contributed by atoms with Crippen molar-refractivity contribution in [1.29, 1.82) is 0 Å². The van der Waals surface area contributed by atoms with Crippen LogP contribution in [0, 0.1) is 5.92 Å². The van der Waals surface area contributed by atoms with Crippen LogP contribution in [0.5, 0.6) is 0 Å². The number of likely N-dealkylation sites (N-methyl/N-ethyl adjacent to an activating group) is 1. The summed E-state index contributed by atoms with van der Waals surface area (Å²) in [6.45, 7) is 2.31. The Bertz CT molecular complexity index is 390. The fourth-order valence-electron chi connectivity index (χ4n) is 3.60. The molecule has 0 bridgehead atoms. The second-order valence-electron chi connectivity index (χ2n) is 6.41. The van der Waals surface area contributed by atoms with Crippen molar-refractivity contribution in [2.24, 2.45) is 5.92 Å². The Labute approximate surface area is 117 Å². The number of aliphatic hydroxyl groups excluding tert-OH is 1. The van der Waals surface area contributed by atoms with E-state index in [0.717, 1.165) is 19.3 Å². The Morgan fingerprint density at radius 3 is 2.58 bits per heavy atom. The fourth-order valence-corrected chi connectivity index (χ4v) is 3.60. The van der Waals surface area contributed by atoms with Crippen LogP contribution in [-0.2, 0) is 6.42 Å². The van der Waals surface area contributed by atoms with E-state index in [1.165, 1.54) is 18.4 Å². The Balaban J connectivity index is 2.14. The van der Waals surface area contributed by atoms with Crippen LogP contribution >= 0.6 is 0 Å². The molecule has 1 fully saturated rings. The lowest BCUT2D eigenvalue weighted by Gasteiger charge is -2.48. The molecule has 2 nitrogen and oxygen atoms in total. The number of hydrogen-bond acceptors (Lipinski definition) is 2. The van der Waals surface area contributed by atoms with Crippen molar-refractivity contribution in [2.45, 2.75) is 50.7 Å². The van der Waals surface area contributed by atoms with Crippen molar-refractivity contribution in [3.8, 4) is 0 Å². The first-order valence-corrected chi connectivity index (χ1v) is 7.44. The van der Waals surface area contributed by atoms with Crippen molar-refractivity contribution < 1.29 is 5.11 Å². The first-order valence-electron chi connectivity index (χ1n) is 7.44. The van der Waals surface area contributed by atoms with Gasteiger partial charge in [0.1, 0.15) is 0 Å². The fraction of sp³-hybridized carbons (Fsp3) is 0.647. The third kappa shape index (κ3) is 3.18. The smallest absolute Gasteiger partial charge is 0.0763 e. The summed E-state index contributed by atoms with van der Waals surface area (Å²) in [4.78, 5) is 2.26. The normalized spacial score (nSPS) is 29.4. The quantitative estimate of drug-likeness (QED) is 0.900. The van der Waals surface area contributed by atoms with Crippen LogP contribution in [0.3, 0.4) is 0 Å². The lowest BCUT2D eigenvalue weighted by molar-refractivity contribution is -0.0424. The van der Waals surface area contributed by atoms with Gasteiger partial charge in [-0.2, -0.15) is 0 Å². The maximum Gasteiger partial charge on any atom is 0.0763 e. The van der Waals surface area contributed by atoms with Crippen molar-refractivity contribution in [2.75, 3.05) is 14.1 Å². The van der Waals surface area contributed by atoms with E-state index in [2.05, 4.69) is 38.1 Å². The number of aliphatic hydroxyl groups is 1. The van der Waals surface area contributed by atoms with Gasteiger partial charge in [0.15, 0.2) is 0 Å². The van der Waals surface area contributed by atoms with Gasteiger partial charge in [-0.3, -0.25) is 0 Å². The van der Waals surface area contributed by atoms with E-state index >= 15 is 0 Å². The Kier molecular flexibility index (Phi) is 4.64. The maximum absolute atomic E-state index is 10.8. The molecular formula is C17H27NO. The molecule has 1 aromatic carbocycles. The molecule has 1 aromatic rings. The minimum absolute atomic E-state index is 0.0481. The molecule has 0 aliphatic heterocycles. The average molecular weight is 261 g/mol. The van der Waals surface area contributed by atoms with Crippen LogP contribution in [0.4, 0.5) is 0 Å². The SMILES string of the molecule is CC1CCCC(C(O)Cc2ccccc2)(N(C)C)C1. The van der Waals surface area contributed by atoms with Gasteiger partial charge >= 0.3 is 0 Å². The van der Waals surface area contributed by atoms with Gasteiger partial charge in [0.2, 0.25) is 0 Å². The number of rotatable bonds is 4. The summed E-state index contributed by atoms with van der Waals surface area (Å²) >= 11 is 0. The molecule has 0 saturated heterocycles. The highest BCUT2D eigenvalue weighted by Gasteiger charge is 2.42. The average Bonchev–Trinajstić information content (AvgIpc) is 2.39. The zero-order chi connectivity index (χ0) is 13.9. The molecule has 2 rings (SSSR count). The van der Waals surface area contributed by atoms with Gasteiger partial charge in [0, 0.05) is 12.0 Å². The topological polar surface area (TPSA) is 23.5 Å². The predicted molar refractivity (Wildman–Crippen MR) is 80.2 cm³/mol. The molecule has 3 unspecified atom stereocenters. The highest BCUT2D eigenvalue weighted by molar-refractivity contribution is 5.17. The Morgan fingerprint density at radius 2 is 2.00 bits per heavy atom. The lowest BCUT2D eigenvalue weighted by atomic mass is 9.71. The van der Waals surface area contributed by atoms with E-state index in [-0.39, 0.29) is 11.6 Å². The highest BCUT2D eigenvalue weighted by Crippen LogP contribution is 2.39. The summed E-state index contributed by atoms with van der Waals surface area (Å²) in [6, 6.07) is 10.3. The van der Waals surface area contributed by atoms with E-state index in [0.29, 0.717) is 5.92 Å². The van der Waals surface area contributed by atoms with Gasteiger partial charge in [-0.1, -0.05) is 50.1 Å². The molecule has 0 radical (unpaired) electrons. The van der Waals surface area contributed by atoms with Gasteiger partial charge in [-0.05, 0) is 38.4 Å². The minimum atomic E-state index is -0.285. The highest BCUT2D eigenvalue weighted by atomic mass is 16.3. The third-order valence-corrected chi connectivity index (χ3v) is 4.79. The second-order valence-corrected chi connectivity index (χ2v) is 6.41. The molecule has 19 heavy (non-hydrogen) atoms. The third-order valence-electron chi connectivity index (χ3n) is 4.79. The van der Waals surface area contributed by atoms with E-state index in [1.807, 2.05) is 18.2 Å². The summed E-state index contributed by atoms with van der Waals surface area (Å²) < 4.78 is 0. The van der Waals surface area contributed by atoms with E-state index in [4.69, 9.17) is 0 Å². The molecule has 1 saturated carbocycles. The van der Waals surface area contributed by atoms with Crippen LogP contribution in [0.2, 0.25) is 0 Å². The van der Waals surface area contributed by atoms with Gasteiger partial charge in [0.25, 0.3) is 0 Å². The number of nitrogens with zero attached hydrogens (tertiary/aromatic N) is 1. The molecule has 3 atom stereocenters. The van der Waals surface area contributed by atoms with Crippen LogP contribution in [0.25, 0.3) is 0 Å². The van der Waals surface area contributed by atoms with Gasteiger partial charge in [0.05, 0.1) is 6.10 Å². The molecule has 0 heterocycles. The van der Waals surface area contributed by atoms with Crippen LogP contribution in [0.15, 0.2) is 30.3 Å². The largest absolute Gasteiger partial charge is 0.391 e. The standard InChI is InChI=1S/C17H27NO/c1-14-8-7-11-17(13-14,18(2)3)16(19)12-15-9-5-4-6-10-15/h4-6,9-10,14,16,19H,7-8,11-13H2,1-3H3. The first-order chi connectivity index (χ1) is 9.04. The second kappa shape index (κ2) is 6.06. The molecule has 1 N–H and O–H groups in total. The Morgan fingerprint density at radius 1 is 1.32 bits per heavy atom. The van der Waals surface area contributed by atoms with Crippen LogP contribution in [-0.4, -0.2) is 35.7 Å². The van der Waals surface area contributed by atoms with Crippen molar-refractivity contribution in [1.82, 2.24) is 4.90 Å². The monoisotopic (exact) mass is 261 g/mol. The molecule has 0 aromatic heterocycles. The summed E-state index contributed by atoms with van der Waals surface area (Å²) in [6.07, 6.45) is 5.21. The molecule has 1 aliphatic carbocycles. The molecule has 1 aliphatic rings. The van der Waals surface area contributed by atoms with Gasteiger partial charge in [-0.25, -0.2) is 0 Å². The van der Waals surface area contributed by atoms with Crippen LogP contribution < -0.4 is 0 Å². The van der Waals surface area contributed by atoms with E-state index < -0.39 is 0 Å². The predicted octanol–water partition coefficient (Wildman–Crippen LogP) is 3.10. The van der Waals surface area contributed by atoms with Crippen LogP contribution in [0.1, 0.15) is 38.2 Å². The molecule has 106 valence electrons. The molecular weight excluding hydrogens is 234 g/mol. The summed E-state index contributed by atoms with van der Waals surface area (Å²) in [7, 11) is 4.23. The maximum atomic E-state index is 10.8. The van der Waals surface area contributed by atoms with E-state index in [9.17, 15) is 5.11 Å².